The van der Waals surface area contributed by atoms with Crippen molar-refractivity contribution in [3.8, 4) is 0 Å². The van der Waals surface area contributed by atoms with Crippen LogP contribution in [0.3, 0.4) is 0 Å². The van der Waals surface area contributed by atoms with E-state index in [1.165, 1.54) is 24.8 Å². The van der Waals surface area contributed by atoms with Gasteiger partial charge in [-0.3, -0.25) is 0 Å². The highest BCUT2D eigenvalue weighted by molar-refractivity contribution is 5.31. The second kappa shape index (κ2) is 7.78. The van der Waals surface area contributed by atoms with Crippen LogP contribution >= 0.6 is 0 Å². The predicted octanol–water partition coefficient (Wildman–Crippen LogP) is 4.70. The van der Waals surface area contributed by atoms with Crippen LogP contribution in [-0.2, 0) is 0 Å². The van der Waals surface area contributed by atoms with E-state index in [1.807, 2.05) is 0 Å². The SMILES string of the molecule is C=C(CC)/C(=C/CC)C1CCNC(C(C)CC)C1. The molecular weight excluding hydrogens is 218 g/mol. The minimum absolute atomic E-state index is 0.693. The molecule has 0 saturated carbocycles. The van der Waals surface area contributed by atoms with Crippen molar-refractivity contribution >= 4 is 0 Å². The van der Waals surface area contributed by atoms with Gasteiger partial charge in [0.1, 0.15) is 0 Å². The van der Waals surface area contributed by atoms with E-state index in [2.05, 4.69) is 45.7 Å². The number of hydrogen-bond donors (Lipinski definition) is 1. The average molecular weight is 249 g/mol. The van der Waals surface area contributed by atoms with Crippen LogP contribution < -0.4 is 5.32 Å². The number of piperidine rings is 1. The van der Waals surface area contributed by atoms with Crippen molar-refractivity contribution in [2.75, 3.05) is 6.54 Å². The van der Waals surface area contributed by atoms with Crippen molar-refractivity contribution < 1.29 is 0 Å². The van der Waals surface area contributed by atoms with Gasteiger partial charge in [-0.2, -0.15) is 0 Å². The van der Waals surface area contributed by atoms with Crippen LogP contribution in [0, 0.1) is 11.8 Å². The van der Waals surface area contributed by atoms with E-state index < -0.39 is 0 Å². The lowest BCUT2D eigenvalue weighted by Gasteiger charge is -2.35. The smallest absolute Gasteiger partial charge is 0.00984 e. The van der Waals surface area contributed by atoms with Crippen LogP contribution in [0.5, 0.6) is 0 Å². The summed E-state index contributed by atoms with van der Waals surface area (Å²) in [4.78, 5) is 0. The fraction of sp³-hybridized carbons (Fsp3) is 0.765. The van der Waals surface area contributed by atoms with Gasteiger partial charge in [0.15, 0.2) is 0 Å². The molecule has 0 bridgehead atoms. The molecular formula is C17H31N. The Kier molecular flexibility index (Phi) is 6.70. The number of hydrogen-bond acceptors (Lipinski definition) is 1. The lowest BCUT2D eigenvalue weighted by Crippen LogP contribution is -2.42. The van der Waals surface area contributed by atoms with Crippen molar-refractivity contribution in [2.45, 2.75) is 65.8 Å². The van der Waals surface area contributed by atoms with Gasteiger partial charge in [-0.05, 0) is 49.6 Å². The van der Waals surface area contributed by atoms with Crippen LogP contribution in [-0.4, -0.2) is 12.6 Å². The van der Waals surface area contributed by atoms with E-state index >= 15 is 0 Å². The third-order valence-electron chi connectivity index (χ3n) is 4.47. The van der Waals surface area contributed by atoms with Gasteiger partial charge in [0.2, 0.25) is 0 Å². The van der Waals surface area contributed by atoms with Crippen LogP contribution in [0.15, 0.2) is 23.8 Å². The maximum Gasteiger partial charge on any atom is 0.00984 e. The molecule has 18 heavy (non-hydrogen) atoms. The van der Waals surface area contributed by atoms with E-state index in [1.54, 1.807) is 5.57 Å². The Morgan fingerprint density at radius 1 is 1.39 bits per heavy atom. The maximum absolute atomic E-state index is 4.27. The van der Waals surface area contributed by atoms with Crippen LogP contribution in [0.2, 0.25) is 0 Å². The van der Waals surface area contributed by atoms with Gasteiger partial charge < -0.3 is 5.32 Å². The first-order valence-corrected chi connectivity index (χ1v) is 7.75. The molecule has 1 fully saturated rings. The molecule has 0 aromatic heterocycles. The Hall–Kier alpha value is -0.560. The van der Waals surface area contributed by atoms with Crippen LogP contribution in [0.1, 0.15) is 59.8 Å². The molecule has 1 heterocycles. The summed E-state index contributed by atoms with van der Waals surface area (Å²) in [5.74, 6) is 1.52. The van der Waals surface area contributed by atoms with Gasteiger partial charge in [-0.1, -0.05) is 52.3 Å². The Morgan fingerprint density at radius 3 is 2.67 bits per heavy atom. The van der Waals surface area contributed by atoms with Gasteiger partial charge in [0.25, 0.3) is 0 Å². The molecule has 1 aliphatic heterocycles. The first-order chi connectivity index (χ1) is 8.63. The van der Waals surface area contributed by atoms with Gasteiger partial charge in [-0.25, -0.2) is 0 Å². The Labute approximate surface area is 114 Å². The summed E-state index contributed by atoms with van der Waals surface area (Å²) in [6.45, 7) is 14.6. The molecule has 1 nitrogen and oxygen atoms in total. The molecule has 0 aromatic rings. The summed E-state index contributed by atoms with van der Waals surface area (Å²) in [6, 6.07) is 0.693. The standard InChI is InChI=1S/C17H31N/c1-6-9-16(13(4)7-2)15-10-11-18-17(12-15)14(5)8-3/h9,14-15,17-18H,4,6-8,10-12H2,1-3,5H3/b16-9-. The summed E-state index contributed by atoms with van der Waals surface area (Å²) in [5.41, 5.74) is 2.90. The summed E-state index contributed by atoms with van der Waals surface area (Å²) in [7, 11) is 0. The lowest BCUT2D eigenvalue weighted by molar-refractivity contribution is 0.263. The van der Waals surface area contributed by atoms with E-state index in [4.69, 9.17) is 0 Å². The topological polar surface area (TPSA) is 12.0 Å². The second-order valence-corrected chi connectivity index (χ2v) is 5.69. The third kappa shape index (κ3) is 3.98. The van der Waals surface area contributed by atoms with Crippen molar-refractivity contribution in [3.63, 3.8) is 0 Å². The minimum atomic E-state index is 0.693. The molecule has 1 heteroatoms. The zero-order valence-corrected chi connectivity index (χ0v) is 12.8. The molecule has 3 atom stereocenters. The second-order valence-electron chi connectivity index (χ2n) is 5.69. The molecule has 0 amide bonds. The number of allylic oxidation sites excluding steroid dienone is 3. The van der Waals surface area contributed by atoms with E-state index in [-0.39, 0.29) is 0 Å². The summed E-state index contributed by atoms with van der Waals surface area (Å²) < 4.78 is 0. The monoisotopic (exact) mass is 249 g/mol. The van der Waals surface area contributed by atoms with Crippen molar-refractivity contribution in [3.05, 3.63) is 23.8 Å². The Balaban J connectivity index is 2.74. The molecule has 0 radical (unpaired) electrons. The summed E-state index contributed by atoms with van der Waals surface area (Å²) in [6.07, 6.45) is 8.47. The highest BCUT2D eigenvalue weighted by Gasteiger charge is 2.27. The molecule has 1 aliphatic rings. The quantitative estimate of drug-likeness (QED) is 0.673. The zero-order chi connectivity index (χ0) is 13.5. The fourth-order valence-electron chi connectivity index (χ4n) is 2.97. The fourth-order valence-corrected chi connectivity index (χ4v) is 2.97. The normalized spacial score (nSPS) is 27.0. The maximum atomic E-state index is 4.27. The van der Waals surface area contributed by atoms with Crippen LogP contribution in [0.25, 0.3) is 0 Å². The number of rotatable bonds is 6. The molecule has 104 valence electrons. The highest BCUT2D eigenvalue weighted by atomic mass is 14.9. The van der Waals surface area contributed by atoms with Crippen molar-refractivity contribution in [1.29, 1.82) is 0 Å². The van der Waals surface area contributed by atoms with E-state index in [0.29, 0.717) is 6.04 Å². The summed E-state index contributed by atoms with van der Waals surface area (Å²) in [5, 5.41) is 3.70. The van der Waals surface area contributed by atoms with Crippen molar-refractivity contribution in [1.82, 2.24) is 5.32 Å². The largest absolute Gasteiger partial charge is 0.314 e. The first kappa shape index (κ1) is 15.5. The van der Waals surface area contributed by atoms with E-state index in [9.17, 15) is 0 Å². The highest BCUT2D eigenvalue weighted by Crippen LogP contribution is 2.32. The average Bonchev–Trinajstić information content (AvgIpc) is 2.43. The van der Waals surface area contributed by atoms with Gasteiger partial charge in [0.05, 0.1) is 0 Å². The molecule has 0 aliphatic carbocycles. The van der Waals surface area contributed by atoms with Crippen LogP contribution in [0.4, 0.5) is 0 Å². The molecule has 0 aromatic carbocycles. The lowest BCUT2D eigenvalue weighted by atomic mass is 9.78. The number of nitrogens with one attached hydrogen (secondary N) is 1. The summed E-state index contributed by atoms with van der Waals surface area (Å²) >= 11 is 0. The van der Waals surface area contributed by atoms with E-state index in [0.717, 1.165) is 31.2 Å². The molecule has 1 N–H and O–H groups in total. The zero-order valence-electron chi connectivity index (χ0n) is 12.8. The van der Waals surface area contributed by atoms with Crippen molar-refractivity contribution in [2.24, 2.45) is 11.8 Å². The van der Waals surface area contributed by atoms with Gasteiger partial charge in [-0.15, -0.1) is 0 Å². The third-order valence-corrected chi connectivity index (χ3v) is 4.47. The Bertz CT molecular complexity index is 290. The molecule has 3 unspecified atom stereocenters. The van der Waals surface area contributed by atoms with Gasteiger partial charge >= 0.3 is 0 Å². The molecule has 1 rings (SSSR count). The molecule has 0 spiro atoms. The molecule has 1 saturated heterocycles. The van der Waals surface area contributed by atoms with Gasteiger partial charge in [0, 0.05) is 6.04 Å². The predicted molar refractivity (Wildman–Crippen MR) is 81.8 cm³/mol. The minimum Gasteiger partial charge on any atom is -0.314 e. The Morgan fingerprint density at radius 2 is 2.11 bits per heavy atom. The first-order valence-electron chi connectivity index (χ1n) is 7.75.